The molecule has 1 saturated heterocycles. The van der Waals surface area contributed by atoms with Gasteiger partial charge in [0.25, 0.3) is 0 Å². The van der Waals surface area contributed by atoms with Crippen molar-refractivity contribution in [1.29, 1.82) is 0 Å². The molecule has 2 aromatic rings. The molecule has 1 heterocycles. The Hall–Kier alpha value is -1.78. The van der Waals surface area contributed by atoms with Crippen LogP contribution in [0.25, 0.3) is 0 Å². The van der Waals surface area contributed by atoms with Crippen LogP contribution in [0.15, 0.2) is 47.4 Å². The van der Waals surface area contributed by atoms with Gasteiger partial charge in [0.05, 0.1) is 9.92 Å². The number of aliphatic hydroxyl groups is 1. The standard InChI is InChI=1S/C19H21ClF2N2O4S/c20-18-11-17(5-6-19(18)22)29(26,27)24-9-7-23(8-10-24)12-15(25)13-28-16-3-1-14(21)2-4-16/h1-6,11,15,25H,7-10,12-13H2. The molecule has 158 valence electrons. The molecular weight excluding hydrogens is 426 g/mol. The number of aliphatic hydroxyl groups excluding tert-OH is 1. The van der Waals surface area contributed by atoms with Crippen molar-refractivity contribution in [1.82, 2.24) is 9.21 Å². The lowest BCUT2D eigenvalue weighted by molar-refractivity contribution is 0.0569. The first-order chi connectivity index (χ1) is 13.8. The molecule has 0 bridgehead atoms. The lowest BCUT2D eigenvalue weighted by atomic mass is 10.3. The van der Waals surface area contributed by atoms with E-state index in [1.165, 1.54) is 34.6 Å². The molecule has 29 heavy (non-hydrogen) atoms. The van der Waals surface area contributed by atoms with Crippen LogP contribution in [0.1, 0.15) is 0 Å². The van der Waals surface area contributed by atoms with Crippen LogP contribution in [0.2, 0.25) is 5.02 Å². The van der Waals surface area contributed by atoms with Crippen LogP contribution in [-0.2, 0) is 10.0 Å². The van der Waals surface area contributed by atoms with Gasteiger partial charge in [-0.05, 0) is 42.5 Å². The van der Waals surface area contributed by atoms with Crippen LogP contribution in [0.5, 0.6) is 5.75 Å². The van der Waals surface area contributed by atoms with E-state index in [1.54, 1.807) is 0 Å². The summed E-state index contributed by atoms with van der Waals surface area (Å²) < 4.78 is 58.3. The zero-order valence-electron chi connectivity index (χ0n) is 15.5. The lowest BCUT2D eigenvalue weighted by Gasteiger charge is -2.34. The van der Waals surface area contributed by atoms with E-state index in [0.29, 0.717) is 25.4 Å². The third kappa shape index (κ3) is 5.64. The number of halogens is 3. The number of hydrogen-bond donors (Lipinski definition) is 1. The molecule has 1 aliphatic rings. The molecule has 6 nitrogen and oxygen atoms in total. The van der Waals surface area contributed by atoms with Gasteiger partial charge in [0.2, 0.25) is 10.0 Å². The number of ether oxygens (including phenoxy) is 1. The van der Waals surface area contributed by atoms with Gasteiger partial charge in [-0.1, -0.05) is 11.6 Å². The molecular formula is C19H21ClF2N2O4S. The van der Waals surface area contributed by atoms with Gasteiger partial charge in [-0.25, -0.2) is 17.2 Å². The van der Waals surface area contributed by atoms with Crippen molar-refractivity contribution in [2.75, 3.05) is 39.3 Å². The highest BCUT2D eigenvalue weighted by molar-refractivity contribution is 7.89. The summed E-state index contributed by atoms with van der Waals surface area (Å²) in [4.78, 5) is 1.88. The Balaban J connectivity index is 1.49. The van der Waals surface area contributed by atoms with Crippen LogP contribution >= 0.6 is 11.6 Å². The summed E-state index contributed by atoms with van der Waals surface area (Å²) in [5.74, 6) is -0.583. The Labute approximate surface area is 173 Å². The van der Waals surface area contributed by atoms with Crippen molar-refractivity contribution in [2.24, 2.45) is 0 Å². The normalized spacial score (nSPS) is 17.2. The van der Waals surface area contributed by atoms with E-state index < -0.39 is 21.9 Å². The summed E-state index contributed by atoms with van der Waals surface area (Å²) >= 11 is 5.70. The quantitative estimate of drug-likeness (QED) is 0.707. The minimum atomic E-state index is -3.77. The Morgan fingerprint density at radius 3 is 2.34 bits per heavy atom. The Morgan fingerprint density at radius 1 is 1.07 bits per heavy atom. The highest BCUT2D eigenvalue weighted by Gasteiger charge is 2.29. The molecule has 1 fully saturated rings. The first-order valence-electron chi connectivity index (χ1n) is 9.00. The first-order valence-corrected chi connectivity index (χ1v) is 10.8. The van der Waals surface area contributed by atoms with Crippen LogP contribution < -0.4 is 4.74 Å². The van der Waals surface area contributed by atoms with E-state index in [-0.39, 0.29) is 35.4 Å². The van der Waals surface area contributed by atoms with E-state index in [9.17, 15) is 22.3 Å². The van der Waals surface area contributed by atoms with Crippen molar-refractivity contribution in [3.05, 3.63) is 59.1 Å². The maximum absolute atomic E-state index is 13.3. The highest BCUT2D eigenvalue weighted by atomic mass is 35.5. The number of piperazine rings is 1. The van der Waals surface area contributed by atoms with Crippen LogP contribution in [0.3, 0.4) is 0 Å². The average molecular weight is 447 g/mol. The van der Waals surface area contributed by atoms with Crippen LogP contribution in [-0.4, -0.2) is 68.2 Å². The molecule has 1 N–H and O–H groups in total. The Morgan fingerprint density at radius 2 is 1.72 bits per heavy atom. The molecule has 10 heteroatoms. The summed E-state index contributed by atoms with van der Waals surface area (Å²) in [7, 11) is -3.77. The number of β-amino-alcohol motifs (C(OH)–C–C–N with tert-alkyl or cyclic N) is 1. The van der Waals surface area contributed by atoms with Gasteiger partial charge < -0.3 is 9.84 Å². The van der Waals surface area contributed by atoms with Gasteiger partial charge in [-0.15, -0.1) is 0 Å². The maximum Gasteiger partial charge on any atom is 0.243 e. The summed E-state index contributed by atoms with van der Waals surface area (Å²) in [5.41, 5.74) is 0. The fourth-order valence-corrected chi connectivity index (χ4v) is 4.71. The fraction of sp³-hybridized carbons (Fsp3) is 0.368. The minimum absolute atomic E-state index is 0.0399. The second-order valence-corrected chi connectivity index (χ2v) is 9.04. The predicted octanol–water partition coefficient (Wildman–Crippen LogP) is 2.36. The third-order valence-electron chi connectivity index (χ3n) is 4.59. The Bertz CT molecular complexity index is 936. The fourth-order valence-electron chi connectivity index (χ4n) is 3.01. The molecule has 3 rings (SSSR count). The summed E-state index contributed by atoms with van der Waals surface area (Å²) in [6.07, 6.45) is -0.779. The third-order valence-corrected chi connectivity index (χ3v) is 6.77. The highest BCUT2D eigenvalue weighted by Crippen LogP contribution is 2.23. The second kappa shape index (κ2) is 9.36. The SMILES string of the molecule is O=S(=O)(c1ccc(F)c(Cl)c1)N1CCN(CC(O)COc2ccc(F)cc2)CC1. The lowest BCUT2D eigenvalue weighted by Crippen LogP contribution is -2.50. The Kier molecular flexibility index (Phi) is 7.07. The van der Waals surface area contributed by atoms with Crippen molar-refractivity contribution in [3.63, 3.8) is 0 Å². The molecule has 1 atom stereocenters. The van der Waals surface area contributed by atoms with Gasteiger partial charge in [0, 0.05) is 32.7 Å². The van der Waals surface area contributed by atoms with Crippen molar-refractivity contribution in [3.8, 4) is 5.75 Å². The summed E-state index contributed by atoms with van der Waals surface area (Å²) in [6, 6.07) is 8.84. The van der Waals surface area contributed by atoms with Gasteiger partial charge in [-0.2, -0.15) is 4.31 Å². The predicted molar refractivity (Wildman–Crippen MR) is 105 cm³/mol. The van der Waals surface area contributed by atoms with E-state index in [4.69, 9.17) is 16.3 Å². The van der Waals surface area contributed by atoms with Crippen molar-refractivity contribution < 1.29 is 27.0 Å². The minimum Gasteiger partial charge on any atom is -0.491 e. The molecule has 1 unspecified atom stereocenters. The number of sulfonamides is 1. The zero-order chi connectivity index (χ0) is 21.0. The van der Waals surface area contributed by atoms with Crippen molar-refractivity contribution >= 4 is 21.6 Å². The molecule has 1 aliphatic heterocycles. The smallest absolute Gasteiger partial charge is 0.243 e. The topological polar surface area (TPSA) is 70.1 Å². The maximum atomic E-state index is 13.3. The summed E-state index contributed by atoms with van der Waals surface area (Å²) in [6.45, 7) is 1.70. The number of nitrogens with zero attached hydrogens (tertiary/aromatic N) is 2. The van der Waals surface area contributed by atoms with Gasteiger partial charge in [0.1, 0.15) is 30.1 Å². The molecule has 0 radical (unpaired) electrons. The molecule has 0 saturated carbocycles. The van der Waals surface area contributed by atoms with E-state index in [1.807, 2.05) is 4.90 Å². The van der Waals surface area contributed by atoms with Crippen LogP contribution in [0, 0.1) is 11.6 Å². The van der Waals surface area contributed by atoms with Crippen LogP contribution in [0.4, 0.5) is 8.78 Å². The number of benzene rings is 2. The molecule has 0 amide bonds. The van der Waals surface area contributed by atoms with E-state index in [2.05, 4.69) is 0 Å². The van der Waals surface area contributed by atoms with Crippen molar-refractivity contribution in [2.45, 2.75) is 11.0 Å². The second-order valence-electron chi connectivity index (χ2n) is 6.70. The number of hydrogen-bond acceptors (Lipinski definition) is 5. The van der Waals surface area contributed by atoms with E-state index >= 15 is 0 Å². The monoisotopic (exact) mass is 446 g/mol. The summed E-state index contributed by atoms with van der Waals surface area (Å²) in [5, 5.41) is 9.91. The van der Waals surface area contributed by atoms with Gasteiger partial charge >= 0.3 is 0 Å². The molecule has 0 aliphatic carbocycles. The van der Waals surface area contributed by atoms with Gasteiger partial charge in [-0.3, -0.25) is 4.90 Å². The first kappa shape index (κ1) is 21.9. The molecule has 2 aromatic carbocycles. The average Bonchev–Trinajstić information content (AvgIpc) is 2.70. The largest absolute Gasteiger partial charge is 0.491 e. The van der Waals surface area contributed by atoms with Gasteiger partial charge in [0.15, 0.2) is 0 Å². The number of rotatable bonds is 7. The molecule has 0 spiro atoms. The van der Waals surface area contributed by atoms with E-state index in [0.717, 1.165) is 12.1 Å². The zero-order valence-corrected chi connectivity index (χ0v) is 17.0. The molecule has 0 aromatic heterocycles.